The number of hydrogen-bond donors (Lipinski definition) is 1. The highest BCUT2D eigenvalue weighted by Crippen LogP contribution is 2.14. The number of aromatic nitrogens is 1. The first kappa shape index (κ1) is 13.4. The number of benzene rings is 1. The maximum Gasteiger partial charge on any atom is 0.214 e. The third-order valence-electron chi connectivity index (χ3n) is 2.81. The number of hydrogen-bond acceptors (Lipinski definition) is 4. The van der Waals surface area contributed by atoms with Crippen molar-refractivity contribution in [1.29, 1.82) is 0 Å². The highest BCUT2D eigenvalue weighted by molar-refractivity contribution is 5.39. The quantitative estimate of drug-likeness (QED) is 0.865. The van der Waals surface area contributed by atoms with Gasteiger partial charge in [0.2, 0.25) is 5.88 Å². The maximum absolute atomic E-state index is 5.19. The summed E-state index contributed by atoms with van der Waals surface area (Å²) in [6, 6.07) is 13.8. The number of pyridine rings is 1. The number of ether oxygens (including phenoxy) is 2. The van der Waals surface area contributed by atoms with Crippen molar-refractivity contribution < 1.29 is 9.47 Å². The largest absolute Gasteiger partial charge is 0.481 e. The van der Waals surface area contributed by atoms with Crippen LogP contribution >= 0.6 is 0 Å². The summed E-state index contributed by atoms with van der Waals surface area (Å²) in [4.78, 5) is 4.32. The Kier molecular flexibility index (Phi) is 4.75. The number of anilines is 1. The third-order valence-corrected chi connectivity index (χ3v) is 2.81. The predicted molar refractivity (Wildman–Crippen MR) is 75.3 cm³/mol. The summed E-state index contributed by atoms with van der Waals surface area (Å²) in [5.41, 5.74) is 2.38. The molecule has 2 rings (SSSR count). The van der Waals surface area contributed by atoms with Crippen molar-refractivity contribution in [3.8, 4) is 5.88 Å². The van der Waals surface area contributed by atoms with E-state index in [1.54, 1.807) is 14.2 Å². The molecule has 2 aromatic rings. The fourth-order valence-electron chi connectivity index (χ4n) is 1.84. The minimum Gasteiger partial charge on any atom is -0.481 e. The lowest BCUT2D eigenvalue weighted by molar-refractivity contribution is 0.184. The van der Waals surface area contributed by atoms with Crippen LogP contribution in [0.15, 0.2) is 42.5 Å². The van der Waals surface area contributed by atoms with Crippen LogP contribution in [0.4, 0.5) is 5.82 Å². The third kappa shape index (κ3) is 3.69. The summed E-state index contributed by atoms with van der Waals surface area (Å²) in [6.45, 7) is 1.32. The molecule has 0 atom stereocenters. The molecule has 0 aliphatic heterocycles. The summed E-state index contributed by atoms with van der Waals surface area (Å²) in [5, 5.41) is 3.29. The first-order valence-electron chi connectivity index (χ1n) is 6.14. The van der Waals surface area contributed by atoms with Crippen LogP contribution in [0.25, 0.3) is 0 Å². The summed E-state index contributed by atoms with van der Waals surface area (Å²) in [6.07, 6.45) is 0. The molecule has 0 bridgehead atoms. The topological polar surface area (TPSA) is 43.4 Å². The van der Waals surface area contributed by atoms with E-state index in [0.29, 0.717) is 19.0 Å². The summed E-state index contributed by atoms with van der Waals surface area (Å²) >= 11 is 0. The van der Waals surface area contributed by atoms with Gasteiger partial charge in [-0.2, -0.15) is 4.98 Å². The van der Waals surface area contributed by atoms with E-state index < -0.39 is 0 Å². The van der Waals surface area contributed by atoms with Crippen molar-refractivity contribution in [2.45, 2.75) is 13.2 Å². The van der Waals surface area contributed by atoms with Gasteiger partial charge in [-0.15, -0.1) is 0 Å². The molecule has 0 saturated carbocycles. The van der Waals surface area contributed by atoms with Crippen LogP contribution in [0.3, 0.4) is 0 Å². The molecule has 0 aliphatic carbocycles. The molecule has 0 saturated heterocycles. The Labute approximate surface area is 113 Å². The second kappa shape index (κ2) is 6.75. The zero-order chi connectivity index (χ0) is 13.5. The van der Waals surface area contributed by atoms with E-state index in [2.05, 4.69) is 22.4 Å². The van der Waals surface area contributed by atoms with Crippen molar-refractivity contribution in [2.24, 2.45) is 0 Å². The van der Waals surface area contributed by atoms with E-state index in [1.807, 2.05) is 30.3 Å². The molecule has 19 heavy (non-hydrogen) atoms. The Morgan fingerprint density at radius 1 is 1.00 bits per heavy atom. The zero-order valence-corrected chi connectivity index (χ0v) is 11.2. The monoisotopic (exact) mass is 258 g/mol. The molecule has 0 radical (unpaired) electrons. The van der Waals surface area contributed by atoms with Gasteiger partial charge in [-0.05, 0) is 17.2 Å². The molecule has 1 aromatic carbocycles. The molecule has 4 nitrogen and oxygen atoms in total. The van der Waals surface area contributed by atoms with Gasteiger partial charge in [0.15, 0.2) is 0 Å². The first-order valence-corrected chi connectivity index (χ1v) is 6.14. The highest BCUT2D eigenvalue weighted by atomic mass is 16.5. The van der Waals surface area contributed by atoms with E-state index in [9.17, 15) is 0 Å². The van der Waals surface area contributed by atoms with E-state index >= 15 is 0 Å². The molecule has 1 heterocycles. The molecule has 0 fully saturated rings. The van der Waals surface area contributed by atoms with E-state index in [0.717, 1.165) is 5.82 Å². The van der Waals surface area contributed by atoms with Crippen LogP contribution in [0, 0.1) is 0 Å². The SMILES string of the molecule is COCc1ccccc1CNc1cccc(OC)n1. The molecular weight excluding hydrogens is 240 g/mol. The number of rotatable bonds is 6. The second-order valence-corrected chi connectivity index (χ2v) is 4.12. The molecular formula is C15H18N2O2. The molecule has 0 spiro atoms. The van der Waals surface area contributed by atoms with Gasteiger partial charge in [0.25, 0.3) is 0 Å². The number of nitrogens with zero attached hydrogens (tertiary/aromatic N) is 1. The average molecular weight is 258 g/mol. The standard InChI is InChI=1S/C15H18N2O2/c1-18-11-13-7-4-3-6-12(13)10-16-14-8-5-9-15(17-14)19-2/h3-9H,10-11H2,1-2H3,(H,16,17). The van der Waals surface area contributed by atoms with E-state index in [4.69, 9.17) is 9.47 Å². The van der Waals surface area contributed by atoms with Crippen LogP contribution in [-0.4, -0.2) is 19.2 Å². The van der Waals surface area contributed by atoms with Crippen LogP contribution in [-0.2, 0) is 17.9 Å². The van der Waals surface area contributed by atoms with Gasteiger partial charge in [-0.25, -0.2) is 0 Å². The first-order chi connectivity index (χ1) is 9.33. The molecule has 1 N–H and O–H groups in total. The second-order valence-electron chi connectivity index (χ2n) is 4.12. The van der Waals surface area contributed by atoms with Gasteiger partial charge in [0, 0.05) is 19.7 Å². The number of methoxy groups -OCH3 is 2. The van der Waals surface area contributed by atoms with Crippen molar-refractivity contribution in [2.75, 3.05) is 19.5 Å². The van der Waals surface area contributed by atoms with Crippen molar-refractivity contribution in [3.05, 3.63) is 53.6 Å². The van der Waals surface area contributed by atoms with Crippen LogP contribution in [0.2, 0.25) is 0 Å². The van der Waals surface area contributed by atoms with Crippen LogP contribution in [0.1, 0.15) is 11.1 Å². The van der Waals surface area contributed by atoms with Crippen molar-refractivity contribution >= 4 is 5.82 Å². The van der Waals surface area contributed by atoms with Crippen LogP contribution in [0.5, 0.6) is 5.88 Å². The lowest BCUT2D eigenvalue weighted by Gasteiger charge is -2.11. The molecule has 4 heteroatoms. The Morgan fingerprint density at radius 2 is 1.79 bits per heavy atom. The van der Waals surface area contributed by atoms with Gasteiger partial charge >= 0.3 is 0 Å². The predicted octanol–water partition coefficient (Wildman–Crippen LogP) is 2.85. The Balaban J connectivity index is 2.05. The van der Waals surface area contributed by atoms with Crippen molar-refractivity contribution in [1.82, 2.24) is 4.98 Å². The lowest BCUT2D eigenvalue weighted by atomic mass is 10.1. The van der Waals surface area contributed by atoms with Gasteiger partial charge in [0.05, 0.1) is 13.7 Å². The van der Waals surface area contributed by atoms with Crippen LogP contribution < -0.4 is 10.1 Å². The van der Waals surface area contributed by atoms with Gasteiger partial charge in [-0.1, -0.05) is 30.3 Å². The minimum absolute atomic E-state index is 0.607. The molecule has 0 unspecified atom stereocenters. The Bertz CT molecular complexity index is 529. The molecule has 0 amide bonds. The highest BCUT2D eigenvalue weighted by Gasteiger charge is 2.02. The fraction of sp³-hybridized carbons (Fsp3) is 0.267. The van der Waals surface area contributed by atoms with Gasteiger partial charge < -0.3 is 14.8 Å². The van der Waals surface area contributed by atoms with E-state index in [1.165, 1.54) is 11.1 Å². The molecule has 100 valence electrons. The van der Waals surface area contributed by atoms with Crippen molar-refractivity contribution in [3.63, 3.8) is 0 Å². The Hall–Kier alpha value is -2.07. The maximum atomic E-state index is 5.19. The number of nitrogens with one attached hydrogen (secondary N) is 1. The van der Waals surface area contributed by atoms with E-state index in [-0.39, 0.29) is 0 Å². The summed E-state index contributed by atoms with van der Waals surface area (Å²) < 4.78 is 10.3. The summed E-state index contributed by atoms with van der Waals surface area (Å²) in [7, 11) is 3.31. The zero-order valence-electron chi connectivity index (χ0n) is 11.2. The van der Waals surface area contributed by atoms with Gasteiger partial charge in [0.1, 0.15) is 5.82 Å². The smallest absolute Gasteiger partial charge is 0.214 e. The van der Waals surface area contributed by atoms with Gasteiger partial charge in [-0.3, -0.25) is 0 Å². The Morgan fingerprint density at radius 3 is 2.53 bits per heavy atom. The average Bonchev–Trinajstić information content (AvgIpc) is 2.47. The normalized spacial score (nSPS) is 10.2. The molecule has 1 aromatic heterocycles. The lowest BCUT2D eigenvalue weighted by Crippen LogP contribution is -2.05. The summed E-state index contributed by atoms with van der Waals surface area (Å²) in [5.74, 6) is 1.40. The minimum atomic E-state index is 0.607. The molecule has 0 aliphatic rings. The fourth-order valence-corrected chi connectivity index (χ4v) is 1.84.